The molecule has 28 nitrogen and oxygen atoms in total. The molecule has 10 atom stereocenters. The molecule has 2 fully saturated rings. The zero-order valence-corrected chi connectivity index (χ0v) is 48.6. The number of ether oxygens (including phenoxy) is 2. The second-order valence-corrected chi connectivity index (χ2v) is 26.3. The van der Waals surface area contributed by atoms with Gasteiger partial charge in [0.15, 0.2) is 27.6 Å². The highest BCUT2D eigenvalue weighted by atomic mass is 32.2. The van der Waals surface area contributed by atoms with E-state index in [-0.39, 0.29) is 89.9 Å². The van der Waals surface area contributed by atoms with Crippen molar-refractivity contribution in [2.75, 3.05) is 62.6 Å². The van der Waals surface area contributed by atoms with E-state index in [0.29, 0.717) is 0 Å². The molecule has 3 aromatic heterocycles. The van der Waals surface area contributed by atoms with Gasteiger partial charge in [0.05, 0.1) is 62.5 Å². The molecule has 0 bridgehead atoms. The highest BCUT2D eigenvalue weighted by molar-refractivity contribution is 8.14. The van der Waals surface area contributed by atoms with Crippen LogP contribution in [0.3, 0.4) is 0 Å². The maximum atomic E-state index is 13.7. The second-order valence-electron chi connectivity index (χ2n) is 20.5. The first-order chi connectivity index (χ1) is 38.0. The Kier molecular flexibility index (Phi) is 22.4. The van der Waals surface area contributed by atoms with E-state index in [1.54, 1.807) is 27.7 Å². The zero-order valence-electron chi connectivity index (χ0n) is 45.2. The molecule has 0 amide bonds. The molecule has 32 heteroatoms. The molecule has 10 unspecified atom stereocenters. The van der Waals surface area contributed by atoms with Crippen molar-refractivity contribution < 1.29 is 76.9 Å². The van der Waals surface area contributed by atoms with Crippen LogP contribution in [-0.2, 0) is 59.4 Å². The second kappa shape index (κ2) is 27.7. The Hall–Kier alpha value is -4.79. The molecular weight excluding hydrogens is 1140 g/mol. The van der Waals surface area contributed by atoms with Crippen molar-refractivity contribution in [3.05, 3.63) is 111 Å². The molecular formula is C49H70N10O18P2S2. The lowest BCUT2D eigenvalue weighted by Crippen LogP contribution is -2.44. The third-order valence-corrected chi connectivity index (χ3v) is 18.3. The van der Waals surface area contributed by atoms with Gasteiger partial charge in [-0.05, 0) is 52.7 Å². The summed E-state index contributed by atoms with van der Waals surface area (Å²) < 4.78 is 62.7. The lowest BCUT2D eigenvalue weighted by Gasteiger charge is -2.27. The van der Waals surface area contributed by atoms with E-state index < -0.39 is 98.7 Å². The van der Waals surface area contributed by atoms with Gasteiger partial charge in [-0.2, -0.15) is 9.97 Å². The third-order valence-electron chi connectivity index (χ3n) is 12.8. The summed E-state index contributed by atoms with van der Waals surface area (Å²) in [6.07, 6.45) is -6.55. The van der Waals surface area contributed by atoms with Crippen LogP contribution in [0.5, 0.6) is 0 Å². The van der Waals surface area contributed by atoms with Crippen molar-refractivity contribution in [1.82, 2.24) is 39.7 Å². The van der Waals surface area contributed by atoms with Crippen molar-refractivity contribution in [3.8, 4) is 0 Å². The van der Waals surface area contributed by atoms with Crippen LogP contribution in [0.2, 0.25) is 0 Å². The molecule has 446 valence electrons. The van der Waals surface area contributed by atoms with Crippen LogP contribution < -0.4 is 32.9 Å². The number of anilines is 2. The number of carbonyl (C=O) groups excluding carboxylic acids is 2. The molecule has 2 saturated heterocycles. The van der Waals surface area contributed by atoms with Gasteiger partial charge in [-0.25, -0.2) is 29.1 Å². The molecule has 0 aliphatic carbocycles. The Labute approximate surface area is 473 Å². The number of aliphatic hydroxyl groups excluding tert-OH is 4. The molecule has 2 aliphatic rings. The minimum atomic E-state index is -4.04. The molecule has 7 rings (SSSR count). The first-order valence-electron chi connectivity index (χ1n) is 25.2. The van der Waals surface area contributed by atoms with Crippen molar-refractivity contribution in [3.63, 3.8) is 0 Å². The maximum Gasteiger partial charge on any atom is 0.405 e. The largest absolute Gasteiger partial charge is 0.405 e. The number of nitrogen functional groups attached to an aromatic ring is 2. The van der Waals surface area contributed by atoms with Crippen LogP contribution in [0, 0.1) is 10.8 Å². The molecule has 5 heterocycles. The molecule has 2 aromatic carbocycles. The fourth-order valence-electron chi connectivity index (χ4n) is 7.84. The summed E-state index contributed by atoms with van der Waals surface area (Å²) in [6.45, 7) is 7.58. The monoisotopic (exact) mass is 1210 g/mol. The minimum absolute atomic E-state index is 0.0326. The summed E-state index contributed by atoms with van der Waals surface area (Å²) in [4.78, 5) is 64.9. The van der Waals surface area contributed by atoms with E-state index in [1.807, 2.05) is 60.7 Å². The normalized spacial score (nSPS) is 24.5. The summed E-state index contributed by atoms with van der Waals surface area (Å²) in [5, 5.41) is 67.6. The molecule has 81 heavy (non-hydrogen) atoms. The van der Waals surface area contributed by atoms with E-state index in [9.17, 15) is 58.9 Å². The number of aromatic amines is 2. The van der Waals surface area contributed by atoms with Crippen LogP contribution in [-0.4, -0.2) is 157 Å². The van der Waals surface area contributed by atoms with Crippen LogP contribution in [0.25, 0.3) is 11.2 Å². The van der Waals surface area contributed by atoms with Crippen LogP contribution >= 0.6 is 39.0 Å². The number of thioether (sulfide) groups is 2. The van der Waals surface area contributed by atoms with Gasteiger partial charge in [0.25, 0.3) is 5.56 Å². The van der Waals surface area contributed by atoms with Crippen molar-refractivity contribution >= 4 is 72.2 Å². The number of benzene rings is 2. The zero-order chi connectivity index (χ0) is 59.6. The fraction of sp³-hybridized carbons (Fsp3) is 0.531. The first kappa shape index (κ1) is 65.4. The molecule has 14 N–H and O–H groups in total. The van der Waals surface area contributed by atoms with Crippen molar-refractivity contribution in [2.24, 2.45) is 10.8 Å². The van der Waals surface area contributed by atoms with Crippen molar-refractivity contribution in [2.45, 2.75) is 103 Å². The Bertz CT molecular complexity index is 3140. The topological polar surface area (TPSA) is 430 Å². The van der Waals surface area contributed by atoms with Crippen LogP contribution in [0.4, 0.5) is 11.8 Å². The lowest BCUT2D eigenvalue weighted by atomic mass is 9.91. The number of H-pyrrole nitrogens is 2. The lowest BCUT2D eigenvalue weighted by molar-refractivity contribution is -0.120. The maximum absolute atomic E-state index is 13.7. The number of imidazole rings is 1. The highest BCUT2D eigenvalue weighted by Crippen LogP contribution is 2.49. The summed E-state index contributed by atoms with van der Waals surface area (Å²) in [5.74, 6) is 0.0303. The van der Waals surface area contributed by atoms with Gasteiger partial charge in [0, 0.05) is 30.7 Å². The smallest absolute Gasteiger partial charge is 0.395 e. The van der Waals surface area contributed by atoms with E-state index in [1.165, 1.54) is 30.8 Å². The van der Waals surface area contributed by atoms with E-state index in [2.05, 4.69) is 35.1 Å². The number of nitrogens with one attached hydrogen (secondary N) is 4. The number of nitrogens with two attached hydrogens (primary N) is 2. The van der Waals surface area contributed by atoms with E-state index in [4.69, 9.17) is 39.0 Å². The number of aromatic nitrogens is 6. The number of fused-ring (bicyclic) bond motifs is 1. The summed E-state index contributed by atoms with van der Waals surface area (Å²) >= 11 is 1.87. The summed E-state index contributed by atoms with van der Waals surface area (Å²) in [6, 6.07) is 19.5. The predicted molar refractivity (Wildman–Crippen MR) is 299 cm³/mol. The Morgan fingerprint density at radius 3 is 1.72 bits per heavy atom. The van der Waals surface area contributed by atoms with Gasteiger partial charge in [0.2, 0.25) is 5.95 Å². The predicted octanol–water partition coefficient (Wildman–Crippen LogP) is 2.03. The van der Waals surface area contributed by atoms with Crippen LogP contribution in [0.1, 0.15) is 70.7 Å². The molecule has 0 saturated carbocycles. The van der Waals surface area contributed by atoms with E-state index >= 15 is 0 Å². The summed E-state index contributed by atoms with van der Waals surface area (Å²) in [7, 11) is -8.04. The standard InChI is InChI=1S/C25H35N6O9PS.C24H35N4O9PS/c1-24(2,13-32)22(35)42-10-9-38-41(37,28-11-15-7-5-4-6-8-15)39-12-16-18(33)25(3,36)21(40-16)31-14-27-17-19(31)29-23(26)30-20(17)34;1-23(2,14-29)21(31)39-10-9-35-38(34,26-12-15-7-5-4-6-8-15)36-13-17-19(30)24(3,33)20(37-17)16-11-18(25)28-22(32)27-16/h4-8,14,16,18,21,32-33,36H,9-13H2,1-3H3,(H,28,37)(H3,26,29,30,34);4-8,11,17,19-20,29-30,33H,9-10,12-14H2,1-3H3,(H,26,34)(H3,25,27,28,32). The fourth-order valence-corrected chi connectivity index (χ4v) is 12.3. The number of rotatable bonds is 26. The van der Waals surface area contributed by atoms with Gasteiger partial charge in [-0.15, -0.1) is 0 Å². The Morgan fingerprint density at radius 1 is 0.753 bits per heavy atom. The quantitative estimate of drug-likeness (QED) is 0.0278. The number of hydrogen-bond donors (Lipinski definition) is 12. The van der Waals surface area contributed by atoms with Gasteiger partial charge in [-0.3, -0.25) is 42.0 Å². The van der Waals surface area contributed by atoms with Gasteiger partial charge in [-0.1, -0.05) is 84.2 Å². The van der Waals surface area contributed by atoms with Gasteiger partial charge in [0.1, 0.15) is 47.5 Å². The Balaban J connectivity index is 0.000000262. The molecule has 2 aliphatic heterocycles. The van der Waals surface area contributed by atoms with Crippen molar-refractivity contribution in [1.29, 1.82) is 0 Å². The van der Waals surface area contributed by atoms with Crippen LogP contribution in [0.15, 0.2) is 82.6 Å². The third kappa shape index (κ3) is 17.0. The summed E-state index contributed by atoms with van der Waals surface area (Å²) in [5.41, 5.74) is 6.05. The van der Waals surface area contributed by atoms with Gasteiger partial charge >= 0.3 is 21.2 Å². The highest BCUT2D eigenvalue weighted by Gasteiger charge is 2.55. The average Bonchev–Trinajstić information content (AvgIpc) is 4.26. The SMILES string of the molecule is CC(C)(CO)C(=O)SCCOP(=O)(NCc1ccccc1)OCC1OC(c2cc(N)nc(=O)[nH]2)C(C)(O)C1O.CC(C)(CO)C(=O)SCCOP(=O)(NCc1ccccc1)OCC1OC(n2cnc3c(=O)[nH]c(N)nc32)C(C)(O)C1O. The molecule has 0 radical (unpaired) electrons. The Morgan fingerprint density at radius 2 is 1.23 bits per heavy atom. The number of aliphatic hydroxyl groups is 6. The molecule has 5 aromatic rings. The number of nitrogens with zero attached hydrogens (tertiary/aromatic N) is 4. The van der Waals surface area contributed by atoms with E-state index in [0.717, 1.165) is 34.7 Å². The molecule has 0 spiro atoms. The van der Waals surface area contributed by atoms with Gasteiger partial charge < -0.3 is 56.6 Å². The first-order valence-corrected chi connectivity index (χ1v) is 30.2. The minimum Gasteiger partial charge on any atom is -0.395 e. The number of carbonyl (C=O) groups is 2. The number of hydrogen-bond acceptors (Lipinski definition) is 25. The average molecular weight is 1210 g/mol.